The number of aromatic nitrogens is 2. The number of piperidine rings is 1. The fourth-order valence-electron chi connectivity index (χ4n) is 2.69. The van der Waals surface area contributed by atoms with E-state index in [-0.39, 0.29) is 0 Å². The summed E-state index contributed by atoms with van der Waals surface area (Å²) in [5.74, 6) is 0.636. The molecule has 0 spiro atoms. The van der Waals surface area contributed by atoms with Crippen molar-refractivity contribution in [2.75, 3.05) is 19.6 Å². The molecule has 18 heavy (non-hydrogen) atoms. The van der Waals surface area contributed by atoms with Gasteiger partial charge in [-0.1, -0.05) is 18.5 Å². The molecule has 0 aromatic carbocycles. The lowest BCUT2D eigenvalue weighted by atomic mass is 9.98. The zero-order valence-corrected chi connectivity index (χ0v) is 12.1. The second-order valence-electron chi connectivity index (χ2n) is 5.16. The molecule has 0 saturated carbocycles. The van der Waals surface area contributed by atoms with Gasteiger partial charge in [-0.2, -0.15) is 5.10 Å². The van der Waals surface area contributed by atoms with Crippen molar-refractivity contribution >= 4 is 11.6 Å². The van der Waals surface area contributed by atoms with E-state index in [1.165, 1.54) is 12.8 Å². The van der Waals surface area contributed by atoms with Crippen molar-refractivity contribution in [3.05, 3.63) is 16.4 Å². The Labute approximate surface area is 114 Å². The van der Waals surface area contributed by atoms with Gasteiger partial charge in [0.1, 0.15) is 0 Å². The lowest BCUT2D eigenvalue weighted by Gasteiger charge is -2.32. The number of likely N-dealkylation sites (tertiary alicyclic amines) is 1. The topological polar surface area (TPSA) is 47.1 Å². The van der Waals surface area contributed by atoms with Crippen LogP contribution in [-0.4, -0.2) is 34.3 Å². The first kappa shape index (κ1) is 13.8. The summed E-state index contributed by atoms with van der Waals surface area (Å²) in [6.07, 6.45) is 3.38. The molecule has 0 radical (unpaired) electrons. The molecule has 0 aliphatic carbocycles. The van der Waals surface area contributed by atoms with E-state index in [0.29, 0.717) is 5.92 Å². The zero-order valence-electron chi connectivity index (χ0n) is 11.3. The van der Waals surface area contributed by atoms with E-state index in [4.69, 9.17) is 17.3 Å². The summed E-state index contributed by atoms with van der Waals surface area (Å²) in [7, 11) is 1.98. The average Bonchev–Trinajstić information content (AvgIpc) is 2.66. The molecular formula is C13H23ClN4. The highest BCUT2D eigenvalue weighted by molar-refractivity contribution is 6.31. The second-order valence-corrected chi connectivity index (χ2v) is 5.54. The summed E-state index contributed by atoms with van der Waals surface area (Å²) in [6.45, 7) is 5.98. The molecule has 1 atom stereocenters. The van der Waals surface area contributed by atoms with Crippen LogP contribution in [-0.2, 0) is 20.0 Å². The molecule has 1 fully saturated rings. The summed E-state index contributed by atoms with van der Waals surface area (Å²) in [5.41, 5.74) is 7.91. The van der Waals surface area contributed by atoms with Crippen molar-refractivity contribution in [1.29, 1.82) is 0 Å². The quantitative estimate of drug-likeness (QED) is 0.908. The Kier molecular flexibility index (Phi) is 4.65. The van der Waals surface area contributed by atoms with Gasteiger partial charge >= 0.3 is 0 Å². The Hall–Kier alpha value is -0.580. The van der Waals surface area contributed by atoms with Gasteiger partial charge in [0.25, 0.3) is 0 Å². The highest BCUT2D eigenvalue weighted by atomic mass is 35.5. The Morgan fingerprint density at radius 3 is 2.89 bits per heavy atom. The van der Waals surface area contributed by atoms with Gasteiger partial charge < -0.3 is 5.73 Å². The van der Waals surface area contributed by atoms with Crippen LogP contribution in [0.15, 0.2) is 0 Å². The third-order valence-electron chi connectivity index (χ3n) is 3.81. The van der Waals surface area contributed by atoms with Gasteiger partial charge in [0.2, 0.25) is 0 Å². The van der Waals surface area contributed by atoms with Crippen LogP contribution >= 0.6 is 11.6 Å². The monoisotopic (exact) mass is 270 g/mol. The van der Waals surface area contributed by atoms with Crippen LogP contribution in [0.4, 0.5) is 0 Å². The first-order valence-electron chi connectivity index (χ1n) is 6.78. The standard InChI is InChI=1S/C13H23ClN4/c1-3-11-13(14)12(17(2)16-11)9-18-6-4-5-10(7-15)8-18/h10H,3-9,15H2,1-2H3. The van der Waals surface area contributed by atoms with Crippen molar-refractivity contribution in [2.45, 2.75) is 32.7 Å². The molecule has 2 rings (SSSR count). The normalized spacial score (nSPS) is 21.4. The van der Waals surface area contributed by atoms with Crippen LogP contribution in [0.2, 0.25) is 5.02 Å². The molecule has 0 bridgehead atoms. The molecule has 5 heteroatoms. The first-order chi connectivity index (χ1) is 8.65. The fourth-order valence-corrected chi connectivity index (χ4v) is 3.04. The smallest absolute Gasteiger partial charge is 0.0863 e. The van der Waals surface area contributed by atoms with E-state index in [2.05, 4.69) is 16.9 Å². The number of hydrogen-bond acceptors (Lipinski definition) is 3. The number of aryl methyl sites for hydroxylation is 2. The van der Waals surface area contributed by atoms with Crippen molar-refractivity contribution in [3.8, 4) is 0 Å². The lowest BCUT2D eigenvalue weighted by Crippen LogP contribution is -2.38. The van der Waals surface area contributed by atoms with Crippen LogP contribution in [0.3, 0.4) is 0 Å². The molecule has 0 amide bonds. The molecule has 1 aliphatic heterocycles. The summed E-state index contributed by atoms with van der Waals surface area (Å²) in [6, 6.07) is 0. The van der Waals surface area contributed by atoms with Gasteiger partial charge in [-0.05, 0) is 38.3 Å². The van der Waals surface area contributed by atoms with Gasteiger partial charge in [-0.3, -0.25) is 9.58 Å². The SMILES string of the molecule is CCc1nn(C)c(CN2CCCC(CN)C2)c1Cl. The van der Waals surface area contributed by atoms with E-state index in [0.717, 1.165) is 49.0 Å². The molecule has 2 N–H and O–H groups in total. The third-order valence-corrected chi connectivity index (χ3v) is 4.25. The van der Waals surface area contributed by atoms with Crippen LogP contribution in [0.5, 0.6) is 0 Å². The van der Waals surface area contributed by atoms with Gasteiger partial charge in [0, 0.05) is 20.1 Å². The highest BCUT2D eigenvalue weighted by Gasteiger charge is 2.21. The summed E-state index contributed by atoms with van der Waals surface area (Å²) < 4.78 is 1.92. The molecule has 2 heterocycles. The number of halogens is 1. The molecule has 102 valence electrons. The van der Waals surface area contributed by atoms with Crippen LogP contribution < -0.4 is 5.73 Å². The minimum atomic E-state index is 0.636. The van der Waals surface area contributed by atoms with Gasteiger partial charge in [-0.25, -0.2) is 0 Å². The number of hydrogen-bond donors (Lipinski definition) is 1. The van der Waals surface area contributed by atoms with Crippen molar-refractivity contribution in [2.24, 2.45) is 18.7 Å². The maximum Gasteiger partial charge on any atom is 0.0863 e. The molecule has 4 nitrogen and oxygen atoms in total. The van der Waals surface area contributed by atoms with E-state index in [9.17, 15) is 0 Å². The van der Waals surface area contributed by atoms with E-state index < -0.39 is 0 Å². The molecule has 1 saturated heterocycles. The van der Waals surface area contributed by atoms with Gasteiger partial charge in [0.15, 0.2) is 0 Å². The summed E-state index contributed by atoms with van der Waals surface area (Å²) in [4.78, 5) is 2.45. The molecule has 1 aliphatic rings. The molecule has 1 aromatic heterocycles. The predicted octanol–water partition coefficient (Wildman–Crippen LogP) is 1.81. The van der Waals surface area contributed by atoms with E-state index >= 15 is 0 Å². The van der Waals surface area contributed by atoms with E-state index in [1.807, 2.05) is 11.7 Å². The molecule has 1 aromatic rings. The fraction of sp³-hybridized carbons (Fsp3) is 0.769. The first-order valence-corrected chi connectivity index (χ1v) is 7.16. The number of rotatable bonds is 4. The maximum atomic E-state index is 6.38. The van der Waals surface area contributed by atoms with Crippen LogP contribution in [0.1, 0.15) is 31.2 Å². The number of nitrogens with zero attached hydrogens (tertiary/aromatic N) is 3. The maximum absolute atomic E-state index is 6.38. The van der Waals surface area contributed by atoms with Crippen molar-refractivity contribution in [1.82, 2.24) is 14.7 Å². The van der Waals surface area contributed by atoms with Crippen LogP contribution in [0, 0.1) is 5.92 Å². The van der Waals surface area contributed by atoms with Gasteiger partial charge in [0.05, 0.1) is 16.4 Å². The highest BCUT2D eigenvalue weighted by Crippen LogP contribution is 2.24. The largest absolute Gasteiger partial charge is 0.330 e. The third kappa shape index (κ3) is 2.87. The molecular weight excluding hydrogens is 248 g/mol. The van der Waals surface area contributed by atoms with E-state index in [1.54, 1.807) is 0 Å². The van der Waals surface area contributed by atoms with Crippen molar-refractivity contribution in [3.63, 3.8) is 0 Å². The molecule has 1 unspecified atom stereocenters. The Balaban J connectivity index is 2.07. The average molecular weight is 271 g/mol. The van der Waals surface area contributed by atoms with Crippen LogP contribution in [0.25, 0.3) is 0 Å². The number of nitrogens with two attached hydrogens (primary N) is 1. The lowest BCUT2D eigenvalue weighted by molar-refractivity contribution is 0.167. The predicted molar refractivity (Wildman–Crippen MR) is 74.7 cm³/mol. The van der Waals surface area contributed by atoms with Gasteiger partial charge in [-0.15, -0.1) is 0 Å². The summed E-state index contributed by atoms with van der Waals surface area (Å²) in [5, 5.41) is 5.31. The Morgan fingerprint density at radius 1 is 1.50 bits per heavy atom. The minimum absolute atomic E-state index is 0.636. The second kappa shape index (κ2) is 6.04. The Bertz CT molecular complexity index is 402. The Morgan fingerprint density at radius 2 is 2.28 bits per heavy atom. The summed E-state index contributed by atoms with van der Waals surface area (Å²) >= 11 is 6.38. The van der Waals surface area contributed by atoms with Crippen molar-refractivity contribution < 1.29 is 0 Å². The minimum Gasteiger partial charge on any atom is -0.330 e. The zero-order chi connectivity index (χ0) is 13.1.